The normalized spacial score (nSPS) is 19.4. The van der Waals surface area contributed by atoms with Crippen LogP contribution in [0.5, 0.6) is 0 Å². The Balaban J connectivity index is 1.68. The van der Waals surface area contributed by atoms with E-state index in [1.807, 2.05) is 24.4 Å². The molecule has 0 spiro atoms. The molecule has 1 fully saturated rings. The van der Waals surface area contributed by atoms with Crippen molar-refractivity contribution in [3.05, 3.63) is 30.1 Å². The molecule has 0 bridgehead atoms. The third kappa shape index (κ3) is 4.39. The number of rotatable bonds is 5. The summed E-state index contributed by atoms with van der Waals surface area (Å²) in [6, 6.07) is 5.99. The molecule has 0 amide bonds. The first-order valence-corrected chi connectivity index (χ1v) is 7.12. The number of aromatic nitrogens is 1. The van der Waals surface area contributed by atoms with E-state index in [4.69, 9.17) is 0 Å². The number of pyridine rings is 1. The molecule has 1 aliphatic rings. The monoisotopic (exact) mass is 248 g/mol. The molecule has 0 aliphatic heterocycles. The SMILES string of the molecule is OC1(CNCCc2ccccn2)CCCCCC1. The Bertz CT molecular complexity index is 332. The van der Waals surface area contributed by atoms with Crippen LogP contribution in [0.3, 0.4) is 0 Å². The molecule has 3 heteroatoms. The first kappa shape index (κ1) is 13.5. The highest BCUT2D eigenvalue weighted by Crippen LogP contribution is 2.26. The maximum absolute atomic E-state index is 10.5. The van der Waals surface area contributed by atoms with Gasteiger partial charge >= 0.3 is 0 Å². The summed E-state index contributed by atoms with van der Waals surface area (Å²) in [6.45, 7) is 1.61. The molecular formula is C15H24N2O. The van der Waals surface area contributed by atoms with Gasteiger partial charge in [0.05, 0.1) is 5.60 Å². The van der Waals surface area contributed by atoms with Gasteiger partial charge in [0.25, 0.3) is 0 Å². The summed E-state index contributed by atoms with van der Waals surface area (Å²) in [5, 5.41) is 13.9. The van der Waals surface area contributed by atoms with Crippen molar-refractivity contribution >= 4 is 0 Å². The van der Waals surface area contributed by atoms with Crippen LogP contribution in [0.1, 0.15) is 44.2 Å². The largest absolute Gasteiger partial charge is 0.389 e. The van der Waals surface area contributed by atoms with Crippen molar-refractivity contribution in [2.75, 3.05) is 13.1 Å². The molecule has 0 atom stereocenters. The van der Waals surface area contributed by atoms with E-state index in [2.05, 4.69) is 10.3 Å². The lowest BCUT2D eigenvalue weighted by molar-refractivity contribution is 0.0256. The first-order chi connectivity index (χ1) is 8.79. The molecule has 0 saturated heterocycles. The fourth-order valence-electron chi connectivity index (χ4n) is 2.65. The number of nitrogens with zero attached hydrogens (tertiary/aromatic N) is 1. The molecule has 1 aromatic heterocycles. The fourth-order valence-corrected chi connectivity index (χ4v) is 2.65. The van der Waals surface area contributed by atoms with Gasteiger partial charge in [-0.2, -0.15) is 0 Å². The van der Waals surface area contributed by atoms with Crippen molar-refractivity contribution < 1.29 is 5.11 Å². The zero-order valence-corrected chi connectivity index (χ0v) is 11.1. The predicted molar refractivity (Wildman–Crippen MR) is 73.5 cm³/mol. The summed E-state index contributed by atoms with van der Waals surface area (Å²) in [7, 11) is 0. The van der Waals surface area contributed by atoms with Gasteiger partial charge < -0.3 is 10.4 Å². The zero-order chi connectivity index (χ0) is 12.7. The summed E-state index contributed by atoms with van der Waals surface area (Å²) >= 11 is 0. The molecule has 1 heterocycles. The minimum absolute atomic E-state index is 0.472. The molecule has 0 aromatic carbocycles. The molecule has 0 radical (unpaired) electrons. The maximum Gasteiger partial charge on any atom is 0.0771 e. The van der Waals surface area contributed by atoms with E-state index in [9.17, 15) is 5.11 Å². The minimum Gasteiger partial charge on any atom is -0.389 e. The maximum atomic E-state index is 10.5. The van der Waals surface area contributed by atoms with Crippen LogP contribution in [0.2, 0.25) is 0 Å². The Morgan fingerprint density at radius 3 is 2.61 bits per heavy atom. The molecular weight excluding hydrogens is 224 g/mol. The van der Waals surface area contributed by atoms with Crippen LogP contribution >= 0.6 is 0 Å². The summed E-state index contributed by atoms with van der Waals surface area (Å²) in [5.74, 6) is 0. The van der Waals surface area contributed by atoms with E-state index in [1.165, 1.54) is 25.7 Å². The second-order valence-corrected chi connectivity index (χ2v) is 5.39. The van der Waals surface area contributed by atoms with E-state index < -0.39 is 5.60 Å². The second kappa shape index (κ2) is 6.86. The molecule has 3 nitrogen and oxygen atoms in total. The minimum atomic E-state index is -0.472. The molecule has 100 valence electrons. The Morgan fingerprint density at radius 2 is 1.94 bits per heavy atom. The van der Waals surface area contributed by atoms with E-state index in [0.717, 1.165) is 38.0 Å². The number of hydrogen-bond donors (Lipinski definition) is 2. The lowest BCUT2D eigenvalue weighted by Gasteiger charge is -2.26. The smallest absolute Gasteiger partial charge is 0.0771 e. The van der Waals surface area contributed by atoms with Gasteiger partial charge in [0, 0.05) is 31.4 Å². The highest BCUT2D eigenvalue weighted by molar-refractivity contribution is 5.03. The van der Waals surface area contributed by atoms with Crippen LogP contribution in [0.15, 0.2) is 24.4 Å². The zero-order valence-electron chi connectivity index (χ0n) is 11.1. The van der Waals surface area contributed by atoms with Crippen LogP contribution in [0, 0.1) is 0 Å². The summed E-state index contributed by atoms with van der Waals surface area (Å²) in [6.07, 6.45) is 9.53. The van der Waals surface area contributed by atoms with Gasteiger partial charge in [-0.15, -0.1) is 0 Å². The van der Waals surface area contributed by atoms with Crippen LogP contribution in [0.4, 0.5) is 0 Å². The van der Waals surface area contributed by atoms with Crippen LogP contribution in [-0.4, -0.2) is 28.8 Å². The van der Waals surface area contributed by atoms with Gasteiger partial charge in [0.15, 0.2) is 0 Å². The topological polar surface area (TPSA) is 45.1 Å². The summed E-state index contributed by atoms with van der Waals surface area (Å²) in [4.78, 5) is 4.29. The van der Waals surface area contributed by atoms with Gasteiger partial charge in [-0.1, -0.05) is 31.7 Å². The van der Waals surface area contributed by atoms with Crippen molar-refractivity contribution in [3.8, 4) is 0 Å². The molecule has 1 aromatic rings. The van der Waals surface area contributed by atoms with Crippen LogP contribution < -0.4 is 5.32 Å². The van der Waals surface area contributed by atoms with Crippen molar-refractivity contribution in [1.29, 1.82) is 0 Å². The third-order valence-corrected chi connectivity index (χ3v) is 3.77. The molecule has 1 aliphatic carbocycles. The molecule has 18 heavy (non-hydrogen) atoms. The Hall–Kier alpha value is -0.930. The standard InChI is InChI=1S/C15H24N2O/c18-15(9-4-1-2-5-10-15)13-16-12-8-14-7-3-6-11-17-14/h3,6-7,11,16,18H,1-2,4-5,8-10,12-13H2. The van der Waals surface area contributed by atoms with Gasteiger partial charge in [0.1, 0.15) is 0 Å². The number of aliphatic hydroxyl groups is 1. The Kier molecular flexibility index (Phi) is 5.14. The fraction of sp³-hybridized carbons (Fsp3) is 0.667. The van der Waals surface area contributed by atoms with E-state index in [-0.39, 0.29) is 0 Å². The summed E-state index contributed by atoms with van der Waals surface area (Å²) in [5.41, 5.74) is 0.638. The first-order valence-electron chi connectivity index (χ1n) is 7.12. The Labute approximate surface area is 110 Å². The van der Waals surface area contributed by atoms with E-state index in [1.54, 1.807) is 0 Å². The lowest BCUT2D eigenvalue weighted by Crippen LogP contribution is -2.40. The summed E-state index contributed by atoms with van der Waals surface area (Å²) < 4.78 is 0. The average Bonchev–Trinajstić information content (AvgIpc) is 2.61. The second-order valence-electron chi connectivity index (χ2n) is 5.39. The molecule has 1 saturated carbocycles. The van der Waals surface area contributed by atoms with Crippen molar-refractivity contribution in [2.24, 2.45) is 0 Å². The van der Waals surface area contributed by atoms with Gasteiger partial charge in [-0.3, -0.25) is 4.98 Å². The highest BCUT2D eigenvalue weighted by atomic mass is 16.3. The quantitative estimate of drug-likeness (QED) is 0.621. The number of hydrogen-bond acceptors (Lipinski definition) is 3. The van der Waals surface area contributed by atoms with Crippen LogP contribution in [0.25, 0.3) is 0 Å². The van der Waals surface area contributed by atoms with E-state index in [0.29, 0.717) is 0 Å². The lowest BCUT2D eigenvalue weighted by atomic mass is 9.94. The predicted octanol–water partition coefficient (Wildman–Crippen LogP) is 2.30. The van der Waals surface area contributed by atoms with Crippen molar-refractivity contribution in [1.82, 2.24) is 10.3 Å². The molecule has 2 rings (SSSR count). The third-order valence-electron chi connectivity index (χ3n) is 3.77. The average molecular weight is 248 g/mol. The van der Waals surface area contributed by atoms with Gasteiger partial charge in [-0.05, 0) is 25.0 Å². The van der Waals surface area contributed by atoms with Gasteiger partial charge in [-0.25, -0.2) is 0 Å². The highest BCUT2D eigenvalue weighted by Gasteiger charge is 2.27. The van der Waals surface area contributed by atoms with E-state index >= 15 is 0 Å². The van der Waals surface area contributed by atoms with Crippen molar-refractivity contribution in [3.63, 3.8) is 0 Å². The number of nitrogens with one attached hydrogen (secondary N) is 1. The van der Waals surface area contributed by atoms with Crippen LogP contribution in [-0.2, 0) is 6.42 Å². The molecule has 2 N–H and O–H groups in total. The molecule has 0 unspecified atom stereocenters. The Morgan fingerprint density at radius 1 is 1.17 bits per heavy atom. The van der Waals surface area contributed by atoms with Gasteiger partial charge in [0.2, 0.25) is 0 Å². The van der Waals surface area contributed by atoms with Crippen molar-refractivity contribution in [2.45, 2.75) is 50.5 Å².